The third-order valence-corrected chi connectivity index (χ3v) is 2.46. The zero-order valence-electron chi connectivity index (χ0n) is 6.60. The molecule has 0 radical (unpaired) electrons. The van der Waals surface area contributed by atoms with E-state index in [4.69, 9.17) is 10.8 Å². The first kappa shape index (κ1) is 10.8. The van der Waals surface area contributed by atoms with Gasteiger partial charge in [-0.2, -0.15) is 0 Å². The van der Waals surface area contributed by atoms with Crippen LogP contribution in [0.2, 0.25) is 0 Å². The molecular formula is C8H8F2INO. The van der Waals surface area contributed by atoms with Crippen LogP contribution < -0.4 is 5.73 Å². The van der Waals surface area contributed by atoms with E-state index < -0.39 is 24.3 Å². The van der Waals surface area contributed by atoms with Gasteiger partial charge in [0.05, 0.1) is 16.2 Å². The van der Waals surface area contributed by atoms with E-state index in [0.29, 0.717) is 0 Å². The third-order valence-electron chi connectivity index (χ3n) is 1.64. The van der Waals surface area contributed by atoms with E-state index in [0.717, 1.165) is 12.1 Å². The molecule has 72 valence electrons. The largest absolute Gasteiger partial charge is 0.394 e. The molecule has 0 aliphatic heterocycles. The van der Waals surface area contributed by atoms with Crippen LogP contribution in [0.25, 0.3) is 0 Å². The molecule has 0 spiro atoms. The highest BCUT2D eigenvalue weighted by molar-refractivity contribution is 14.1. The van der Waals surface area contributed by atoms with Crippen LogP contribution in [0.15, 0.2) is 12.1 Å². The number of hydrogen-bond donors (Lipinski definition) is 2. The maximum Gasteiger partial charge on any atom is 0.137 e. The Balaban J connectivity index is 3.15. The molecule has 0 saturated heterocycles. The topological polar surface area (TPSA) is 46.2 Å². The molecule has 3 N–H and O–H groups in total. The summed E-state index contributed by atoms with van der Waals surface area (Å²) in [6, 6.07) is 1.20. The van der Waals surface area contributed by atoms with Gasteiger partial charge in [0.1, 0.15) is 11.6 Å². The molecule has 1 rings (SSSR count). The lowest BCUT2D eigenvalue weighted by atomic mass is 10.1. The van der Waals surface area contributed by atoms with E-state index in [9.17, 15) is 8.78 Å². The maximum absolute atomic E-state index is 13.1. The summed E-state index contributed by atoms with van der Waals surface area (Å²) in [7, 11) is 0. The Bertz CT molecular complexity index is 319. The molecule has 0 amide bonds. The van der Waals surface area contributed by atoms with Crippen LogP contribution in [0.5, 0.6) is 0 Å². The SMILES string of the molecule is NC(CO)c1cc(F)c(I)cc1F. The highest BCUT2D eigenvalue weighted by atomic mass is 127. The fourth-order valence-electron chi connectivity index (χ4n) is 0.920. The Kier molecular flexibility index (Phi) is 3.57. The van der Waals surface area contributed by atoms with E-state index in [1.54, 1.807) is 22.6 Å². The summed E-state index contributed by atoms with van der Waals surface area (Å²) < 4.78 is 26.2. The first-order valence-corrected chi connectivity index (χ1v) is 4.65. The summed E-state index contributed by atoms with van der Waals surface area (Å²) in [6.45, 7) is -0.406. The van der Waals surface area contributed by atoms with Crippen molar-refractivity contribution in [2.24, 2.45) is 5.73 Å². The van der Waals surface area contributed by atoms with Crippen LogP contribution in [0.1, 0.15) is 11.6 Å². The van der Waals surface area contributed by atoms with Gasteiger partial charge in [0.15, 0.2) is 0 Å². The zero-order valence-corrected chi connectivity index (χ0v) is 8.76. The van der Waals surface area contributed by atoms with Crippen LogP contribution in [0, 0.1) is 15.2 Å². The highest BCUT2D eigenvalue weighted by Crippen LogP contribution is 2.20. The summed E-state index contributed by atoms with van der Waals surface area (Å²) in [5, 5.41) is 8.66. The Morgan fingerprint density at radius 2 is 2.00 bits per heavy atom. The van der Waals surface area contributed by atoms with Crippen molar-refractivity contribution in [3.05, 3.63) is 32.9 Å². The van der Waals surface area contributed by atoms with Gasteiger partial charge in [-0.1, -0.05) is 0 Å². The minimum atomic E-state index is -0.869. The predicted octanol–water partition coefficient (Wildman–Crippen LogP) is 1.56. The number of hydrogen-bond acceptors (Lipinski definition) is 2. The molecule has 5 heteroatoms. The lowest BCUT2D eigenvalue weighted by Gasteiger charge is -2.10. The number of halogens is 3. The van der Waals surface area contributed by atoms with Gasteiger partial charge in [0, 0.05) is 5.56 Å². The Morgan fingerprint density at radius 3 is 2.54 bits per heavy atom. The van der Waals surface area contributed by atoms with Crippen LogP contribution in [-0.2, 0) is 0 Å². The van der Waals surface area contributed by atoms with Crippen molar-refractivity contribution < 1.29 is 13.9 Å². The van der Waals surface area contributed by atoms with Crippen molar-refractivity contribution in [1.29, 1.82) is 0 Å². The fourth-order valence-corrected chi connectivity index (χ4v) is 1.35. The standard InChI is InChI=1S/C8H8F2INO/c9-5-2-7(11)6(10)1-4(5)8(12)3-13/h1-2,8,13H,3,12H2. The van der Waals surface area contributed by atoms with Gasteiger partial charge in [0.25, 0.3) is 0 Å². The van der Waals surface area contributed by atoms with Crippen LogP contribution in [-0.4, -0.2) is 11.7 Å². The molecule has 0 saturated carbocycles. The van der Waals surface area contributed by atoms with Gasteiger partial charge in [-0.25, -0.2) is 8.78 Å². The average Bonchev–Trinajstić information content (AvgIpc) is 2.10. The first-order chi connectivity index (χ1) is 6.06. The van der Waals surface area contributed by atoms with Crippen LogP contribution in [0.4, 0.5) is 8.78 Å². The fraction of sp³-hybridized carbons (Fsp3) is 0.250. The molecule has 0 aromatic heterocycles. The molecular weight excluding hydrogens is 291 g/mol. The molecule has 1 atom stereocenters. The summed E-state index contributed by atoms with van der Waals surface area (Å²) in [5.74, 6) is -1.12. The van der Waals surface area contributed by atoms with E-state index in [1.165, 1.54) is 0 Å². The van der Waals surface area contributed by atoms with Crippen molar-refractivity contribution in [2.45, 2.75) is 6.04 Å². The van der Waals surface area contributed by atoms with E-state index in [2.05, 4.69) is 0 Å². The molecule has 0 fully saturated rings. The summed E-state index contributed by atoms with van der Waals surface area (Å²) in [5.41, 5.74) is 5.36. The Morgan fingerprint density at radius 1 is 1.38 bits per heavy atom. The number of nitrogens with two attached hydrogens (primary N) is 1. The minimum absolute atomic E-state index is 0.000385. The quantitative estimate of drug-likeness (QED) is 0.643. The predicted molar refractivity (Wildman–Crippen MR) is 53.1 cm³/mol. The molecule has 0 aliphatic rings. The molecule has 1 unspecified atom stereocenters. The van der Waals surface area contributed by atoms with Crippen molar-refractivity contribution in [3.8, 4) is 0 Å². The number of aliphatic hydroxyl groups is 1. The van der Waals surface area contributed by atoms with Gasteiger partial charge in [-0.05, 0) is 34.7 Å². The van der Waals surface area contributed by atoms with Crippen molar-refractivity contribution in [3.63, 3.8) is 0 Å². The van der Waals surface area contributed by atoms with Crippen molar-refractivity contribution >= 4 is 22.6 Å². The molecule has 1 aromatic rings. The van der Waals surface area contributed by atoms with E-state index in [1.807, 2.05) is 0 Å². The van der Waals surface area contributed by atoms with Gasteiger partial charge in [-0.15, -0.1) is 0 Å². The second kappa shape index (κ2) is 4.30. The Hall–Kier alpha value is -0.270. The molecule has 0 aliphatic carbocycles. The molecule has 0 heterocycles. The van der Waals surface area contributed by atoms with E-state index in [-0.39, 0.29) is 9.13 Å². The van der Waals surface area contributed by atoms with Gasteiger partial charge in [0.2, 0.25) is 0 Å². The molecule has 1 aromatic carbocycles. The lowest BCUT2D eigenvalue weighted by molar-refractivity contribution is 0.265. The number of rotatable bonds is 2. The second-order valence-corrected chi connectivity index (χ2v) is 3.74. The van der Waals surface area contributed by atoms with Crippen LogP contribution >= 0.6 is 22.6 Å². The molecule has 2 nitrogen and oxygen atoms in total. The monoisotopic (exact) mass is 299 g/mol. The van der Waals surface area contributed by atoms with Crippen molar-refractivity contribution in [2.75, 3.05) is 6.61 Å². The minimum Gasteiger partial charge on any atom is -0.394 e. The third kappa shape index (κ3) is 2.35. The smallest absolute Gasteiger partial charge is 0.137 e. The Labute approximate surface area is 87.9 Å². The lowest BCUT2D eigenvalue weighted by Crippen LogP contribution is -2.16. The number of benzene rings is 1. The highest BCUT2D eigenvalue weighted by Gasteiger charge is 2.13. The van der Waals surface area contributed by atoms with E-state index >= 15 is 0 Å². The maximum atomic E-state index is 13.1. The van der Waals surface area contributed by atoms with Gasteiger partial charge < -0.3 is 10.8 Å². The van der Waals surface area contributed by atoms with Gasteiger partial charge >= 0.3 is 0 Å². The number of aliphatic hydroxyl groups excluding tert-OH is 1. The van der Waals surface area contributed by atoms with Gasteiger partial charge in [-0.3, -0.25) is 0 Å². The molecule has 0 bridgehead atoms. The van der Waals surface area contributed by atoms with Crippen molar-refractivity contribution in [1.82, 2.24) is 0 Å². The average molecular weight is 299 g/mol. The zero-order chi connectivity index (χ0) is 10.0. The summed E-state index contributed by atoms with van der Waals surface area (Å²) >= 11 is 1.68. The first-order valence-electron chi connectivity index (χ1n) is 3.57. The second-order valence-electron chi connectivity index (χ2n) is 2.58. The summed E-state index contributed by atoms with van der Waals surface area (Å²) in [4.78, 5) is 0. The normalized spacial score (nSPS) is 13.0. The summed E-state index contributed by atoms with van der Waals surface area (Å²) in [6.07, 6.45) is 0. The van der Waals surface area contributed by atoms with Crippen LogP contribution in [0.3, 0.4) is 0 Å². The molecule has 13 heavy (non-hydrogen) atoms.